The van der Waals surface area contributed by atoms with E-state index >= 15 is 0 Å². The number of aryl methyl sites for hydroxylation is 1. The molecule has 0 spiro atoms. The number of benzene rings is 1. The molecule has 0 aliphatic rings. The second-order valence-electron chi connectivity index (χ2n) is 6.81. The average Bonchev–Trinajstić information content (AvgIpc) is 3.24. The maximum Gasteiger partial charge on any atom is 0.263 e. The monoisotopic (exact) mass is 364 g/mol. The van der Waals surface area contributed by atoms with Crippen LogP contribution in [0, 0.1) is 0 Å². The van der Waals surface area contributed by atoms with Crippen LogP contribution in [0.2, 0.25) is 0 Å². The van der Waals surface area contributed by atoms with E-state index in [1.54, 1.807) is 21.8 Å². The van der Waals surface area contributed by atoms with Crippen molar-refractivity contribution in [2.45, 2.75) is 26.3 Å². The Kier molecular flexibility index (Phi) is 4.20. The normalized spacial score (nSPS) is 11.5. The Morgan fingerprint density at radius 3 is 2.62 bits per heavy atom. The predicted molar refractivity (Wildman–Crippen MR) is 106 cm³/mol. The highest BCUT2D eigenvalue weighted by Crippen LogP contribution is 2.31. The molecule has 1 aromatic carbocycles. The number of nitrogens with zero attached hydrogens (tertiary/aromatic N) is 4. The van der Waals surface area contributed by atoms with E-state index in [0.717, 1.165) is 21.5 Å². The molecule has 0 N–H and O–H groups in total. The largest absolute Gasteiger partial charge is 0.294 e. The van der Waals surface area contributed by atoms with Gasteiger partial charge in [-0.1, -0.05) is 38.1 Å². The van der Waals surface area contributed by atoms with Crippen molar-refractivity contribution in [1.82, 2.24) is 19.3 Å². The lowest BCUT2D eigenvalue weighted by molar-refractivity contribution is 0.743. The summed E-state index contributed by atoms with van der Waals surface area (Å²) in [6.45, 7) is 4.82. The van der Waals surface area contributed by atoms with Gasteiger partial charge in [-0.2, -0.15) is 5.10 Å². The van der Waals surface area contributed by atoms with Crippen molar-refractivity contribution >= 4 is 21.6 Å². The van der Waals surface area contributed by atoms with E-state index in [1.165, 1.54) is 16.9 Å². The lowest BCUT2D eigenvalue weighted by Gasteiger charge is -2.07. The zero-order chi connectivity index (χ0) is 18.3. The summed E-state index contributed by atoms with van der Waals surface area (Å²) in [4.78, 5) is 18.3. The minimum absolute atomic E-state index is 0.0111. The van der Waals surface area contributed by atoms with Crippen LogP contribution in [0.15, 0.2) is 53.2 Å². The third-order valence-electron chi connectivity index (χ3n) is 4.56. The fourth-order valence-electron chi connectivity index (χ4n) is 3.09. The van der Waals surface area contributed by atoms with E-state index in [1.807, 2.05) is 18.6 Å². The minimum atomic E-state index is -0.0111. The SMILES string of the molecule is CC(C)c1ccc(-c2csc3ncn(Cc4cnn(C)c4)c(=O)c23)cc1. The molecule has 0 aliphatic carbocycles. The quantitative estimate of drug-likeness (QED) is 0.549. The summed E-state index contributed by atoms with van der Waals surface area (Å²) in [6, 6.07) is 8.45. The van der Waals surface area contributed by atoms with Crippen LogP contribution in [0.5, 0.6) is 0 Å². The van der Waals surface area contributed by atoms with Crippen molar-refractivity contribution in [2.75, 3.05) is 0 Å². The Labute approximate surface area is 155 Å². The fraction of sp³-hybridized carbons (Fsp3) is 0.250. The van der Waals surface area contributed by atoms with Gasteiger partial charge in [0.2, 0.25) is 0 Å². The predicted octanol–water partition coefficient (Wildman–Crippen LogP) is 4.03. The number of fused-ring (bicyclic) bond motifs is 1. The molecule has 0 atom stereocenters. The van der Waals surface area contributed by atoms with Gasteiger partial charge >= 0.3 is 0 Å². The molecule has 6 heteroatoms. The highest BCUT2D eigenvalue weighted by atomic mass is 32.1. The Balaban J connectivity index is 1.79. The lowest BCUT2D eigenvalue weighted by Crippen LogP contribution is -2.20. The summed E-state index contributed by atoms with van der Waals surface area (Å²) in [5.74, 6) is 0.488. The van der Waals surface area contributed by atoms with Crippen LogP contribution in [0.3, 0.4) is 0 Å². The van der Waals surface area contributed by atoms with E-state index in [-0.39, 0.29) is 5.56 Å². The van der Waals surface area contributed by atoms with Crippen molar-refractivity contribution in [3.63, 3.8) is 0 Å². The molecule has 5 nitrogen and oxygen atoms in total. The third-order valence-corrected chi connectivity index (χ3v) is 5.45. The zero-order valence-electron chi connectivity index (χ0n) is 15.0. The van der Waals surface area contributed by atoms with Crippen LogP contribution in [-0.2, 0) is 13.6 Å². The van der Waals surface area contributed by atoms with Crippen molar-refractivity contribution in [3.8, 4) is 11.1 Å². The molecule has 132 valence electrons. The number of rotatable bonds is 4. The van der Waals surface area contributed by atoms with Crippen molar-refractivity contribution in [3.05, 3.63) is 69.8 Å². The first-order valence-electron chi connectivity index (χ1n) is 8.57. The smallest absolute Gasteiger partial charge is 0.263 e. The first kappa shape index (κ1) is 16.7. The molecule has 0 saturated carbocycles. The molecule has 4 aromatic rings. The molecule has 3 aromatic heterocycles. The van der Waals surface area contributed by atoms with Gasteiger partial charge in [-0.25, -0.2) is 4.98 Å². The van der Waals surface area contributed by atoms with Crippen molar-refractivity contribution in [1.29, 1.82) is 0 Å². The third kappa shape index (κ3) is 2.97. The number of hydrogen-bond acceptors (Lipinski definition) is 4. The van der Waals surface area contributed by atoms with Gasteiger partial charge in [0.05, 0.1) is 24.5 Å². The van der Waals surface area contributed by atoms with Crippen LogP contribution in [-0.4, -0.2) is 19.3 Å². The molecule has 0 bridgehead atoms. The first-order chi connectivity index (χ1) is 12.5. The van der Waals surface area contributed by atoms with E-state index in [9.17, 15) is 4.79 Å². The highest BCUT2D eigenvalue weighted by Gasteiger charge is 2.14. The lowest BCUT2D eigenvalue weighted by atomic mass is 9.99. The van der Waals surface area contributed by atoms with E-state index in [0.29, 0.717) is 17.8 Å². The summed E-state index contributed by atoms with van der Waals surface area (Å²) in [5.41, 5.74) is 4.27. The molecular weight excluding hydrogens is 344 g/mol. The van der Waals surface area contributed by atoms with Crippen LogP contribution < -0.4 is 5.56 Å². The molecule has 3 heterocycles. The summed E-state index contributed by atoms with van der Waals surface area (Å²) in [5, 5.41) is 6.88. The number of thiophene rings is 1. The van der Waals surface area contributed by atoms with Gasteiger partial charge in [0.15, 0.2) is 0 Å². The molecule has 0 radical (unpaired) electrons. The Morgan fingerprint density at radius 2 is 1.96 bits per heavy atom. The van der Waals surface area contributed by atoms with E-state index in [2.05, 4.69) is 48.2 Å². The van der Waals surface area contributed by atoms with Gasteiger partial charge in [-0.3, -0.25) is 14.0 Å². The van der Waals surface area contributed by atoms with Gasteiger partial charge in [0.1, 0.15) is 4.83 Å². The Bertz CT molecular complexity index is 1120. The van der Waals surface area contributed by atoms with Gasteiger partial charge in [0.25, 0.3) is 5.56 Å². The average molecular weight is 364 g/mol. The first-order valence-corrected chi connectivity index (χ1v) is 9.45. The van der Waals surface area contributed by atoms with Crippen LogP contribution in [0.25, 0.3) is 21.3 Å². The molecule has 0 fully saturated rings. The minimum Gasteiger partial charge on any atom is -0.294 e. The Morgan fingerprint density at radius 1 is 1.19 bits per heavy atom. The van der Waals surface area contributed by atoms with E-state index in [4.69, 9.17) is 0 Å². The zero-order valence-corrected chi connectivity index (χ0v) is 15.8. The second kappa shape index (κ2) is 6.53. The van der Waals surface area contributed by atoms with Crippen LogP contribution >= 0.6 is 11.3 Å². The van der Waals surface area contributed by atoms with Gasteiger partial charge in [-0.15, -0.1) is 11.3 Å². The molecular formula is C20H20N4OS. The van der Waals surface area contributed by atoms with E-state index < -0.39 is 0 Å². The summed E-state index contributed by atoms with van der Waals surface area (Å²) in [6.07, 6.45) is 5.31. The second-order valence-corrected chi connectivity index (χ2v) is 7.66. The van der Waals surface area contributed by atoms with Crippen molar-refractivity contribution in [2.24, 2.45) is 7.05 Å². The van der Waals surface area contributed by atoms with Gasteiger partial charge in [-0.05, 0) is 17.0 Å². The van der Waals surface area contributed by atoms with Gasteiger partial charge in [0, 0.05) is 29.8 Å². The standard InChI is InChI=1S/C20H20N4OS/c1-13(2)15-4-6-16(7-5-15)17-11-26-19-18(17)20(25)24(12-21-19)10-14-8-22-23(3)9-14/h4-9,11-13H,10H2,1-3H3. The van der Waals surface area contributed by atoms with Crippen molar-refractivity contribution < 1.29 is 0 Å². The molecule has 0 aliphatic heterocycles. The Hall–Kier alpha value is -2.73. The molecule has 0 amide bonds. The topological polar surface area (TPSA) is 52.7 Å². The van der Waals surface area contributed by atoms with Crippen LogP contribution in [0.1, 0.15) is 30.9 Å². The number of aromatic nitrogens is 4. The van der Waals surface area contributed by atoms with Gasteiger partial charge < -0.3 is 0 Å². The molecule has 4 rings (SSSR count). The highest BCUT2D eigenvalue weighted by molar-refractivity contribution is 7.17. The molecule has 0 saturated heterocycles. The summed E-state index contributed by atoms with van der Waals surface area (Å²) >= 11 is 1.51. The fourth-order valence-corrected chi connectivity index (χ4v) is 4.00. The van der Waals surface area contributed by atoms with Crippen LogP contribution in [0.4, 0.5) is 0 Å². The molecule has 26 heavy (non-hydrogen) atoms. The molecule has 0 unspecified atom stereocenters. The maximum atomic E-state index is 13.1. The summed E-state index contributed by atoms with van der Waals surface area (Å²) in [7, 11) is 1.87. The summed E-state index contributed by atoms with van der Waals surface area (Å²) < 4.78 is 3.39. The maximum absolute atomic E-state index is 13.1. The number of hydrogen-bond donors (Lipinski definition) is 0.